The van der Waals surface area contributed by atoms with Gasteiger partial charge in [0.1, 0.15) is 6.07 Å². The van der Waals surface area contributed by atoms with Gasteiger partial charge in [-0.15, -0.1) is 0 Å². The Hall–Kier alpha value is -2.44. The predicted octanol–water partition coefficient (Wildman–Crippen LogP) is 1.02. The van der Waals surface area contributed by atoms with Crippen molar-refractivity contribution in [2.45, 2.75) is 0 Å². The van der Waals surface area contributed by atoms with Crippen LogP contribution in [0.2, 0.25) is 0 Å². The molecular weight excluding hydrogens is 162 g/mol. The van der Waals surface area contributed by atoms with E-state index in [0.717, 1.165) is 0 Å². The van der Waals surface area contributed by atoms with Gasteiger partial charge in [-0.2, -0.15) is 10.5 Å². The molecule has 0 aliphatic carbocycles. The Balaban J connectivity index is 3.25. The van der Waals surface area contributed by atoms with Gasteiger partial charge in [0.05, 0.1) is 5.56 Å². The molecule has 3 nitrogen and oxygen atoms in total. The summed E-state index contributed by atoms with van der Waals surface area (Å²) in [6.07, 6.45) is 0. The number of hydrogen-bond acceptors (Lipinski definition) is 3. The van der Waals surface area contributed by atoms with E-state index in [1.165, 1.54) is 6.07 Å². The lowest BCUT2D eigenvalue weighted by atomic mass is 10.1. The zero-order valence-corrected chi connectivity index (χ0v) is 6.70. The standard InChI is InChI=1S/C10H5N3/c11-5-1-2-8-3-4-10(13)6-9(8)7-12/h3-4,6H,13H2. The molecule has 0 bridgehead atoms. The molecule has 0 amide bonds. The minimum Gasteiger partial charge on any atom is -0.399 e. The van der Waals surface area contributed by atoms with Crippen LogP contribution in [0.1, 0.15) is 11.1 Å². The van der Waals surface area contributed by atoms with E-state index in [1.807, 2.05) is 6.07 Å². The van der Waals surface area contributed by atoms with E-state index in [-0.39, 0.29) is 0 Å². The molecule has 0 atom stereocenters. The quantitative estimate of drug-likeness (QED) is 0.463. The van der Waals surface area contributed by atoms with Gasteiger partial charge in [0.25, 0.3) is 0 Å². The van der Waals surface area contributed by atoms with Crippen LogP contribution >= 0.6 is 0 Å². The first-order chi connectivity index (χ1) is 6.27. The summed E-state index contributed by atoms with van der Waals surface area (Å²) < 4.78 is 0. The van der Waals surface area contributed by atoms with Crippen LogP contribution in [0.5, 0.6) is 0 Å². The van der Waals surface area contributed by atoms with Crippen molar-refractivity contribution in [1.29, 1.82) is 10.5 Å². The van der Waals surface area contributed by atoms with Gasteiger partial charge in [0, 0.05) is 17.2 Å². The normalized spacial score (nSPS) is 7.54. The third-order valence-corrected chi connectivity index (χ3v) is 1.42. The molecule has 3 heteroatoms. The Morgan fingerprint density at radius 3 is 2.54 bits per heavy atom. The molecule has 13 heavy (non-hydrogen) atoms. The molecule has 0 saturated carbocycles. The van der Waals surface area contributed by atoms with Crippen LogP contribution in [0, 0.1) is 34.5 Å². The summed E-state index contributed by atoms with van der Waals surface area (Å²) in [6, 6.07) is 8.43. The van der Waals surface area contributed by atoms with E-state index in [1.54, 1.807) is 18.2 Å². The van der Waals surface area contributed by atoms with Gasteiger partial charge >= 0.3 is 0 Å². The molecule has 0 fully saturated rings. The molecule has 1 aromatic rings. The van der Waals surface area contributed by atoms with Crippen LogP contribution in [0.15, 0.2) is 18.2 Å². The van der Waals surface area contributed by atoms with E-state index < -0.39 is 0 Å². The van der Waals surface area contributed by atoms with Crippen molar-refractivity contribution in [1.82, 2.24) is 0 Å². The van der Waals surface area contributed by atoms with Crippen LogP contribution < -0.4 is 5.73 Å². The average molecular weight is 167 g/mol. The van der Waals surface area contributed by atoms with Gasteiger partial charge < -0.3 is 5.73 Å². The van der Waals surface area contributed by atoms with Crippen molar-refractivity contribution in [3.8, 4) is 24.0 Å². The van der Waals surface area contributed by atoms with Gasteiger partial charge in [0.15, 0.2) is 6.07 Å². The smallest absolute Gasteiger partial charge is 0.152 e. The lowest BCUT2D eigenvalue weighted by molar-refractivity contribution is 1.47. The van der Waals surface area contributed by atoms with Crippen molar-refractivity contribution in [3.63, 3.8) is 0 Å². The fourth-order valence-corrected chi connectivity index (χ4v) is 0.859. The number of nitriles is 2. The summed E-state index contributed by atoms with van der Waals surface area (Å²) in [5.41, 5.74) is 6.90. The molecule has 0 saturated heterocycles. The molecule has 0 aromatic heterocycles. The second-order valence-corrected chi connectivity index (χ2v) is 2.28. The lowest BCUT2D eigenvalue weighted by Gasteiger charge is -1.95. The van der Waals surface area contributed by atoms with Crippen LogP contribution in [0.25, 0.3) is 0 Å². The second kappa shape index (κ2) is 3.81. The summed E-state index contributed by atoms with van der Waals surface area (Å²) in [7, 11) is 0. The van der Waals surface area contributed by atoms with Gasteiger partial charge in [-0.3, -0.25) is 0 Å². The Labute approximate surface area is 76.0 Å². The Morgan fingerprint density at radius 2 is 1.92 bits per heavy atom. The van der Waals surface area contributed by atoms with E-state index >= 15 is 0 Å². The molecule has 1 aromatic carbocycles. The third kappa shape index (κ3) is 1.99. The number of nitrogens with zero attached hydrogens (tertiary/aromatic N) is 2. The summed E-state index contributed by atoms with van der Waals surface area (Å²) in [4.78, 5) is 0. The van der Waals surface area contributed by atoms with E-state index in [2.05, 4.69) is 11.8 Å². The lowest BCUT2D eigenvalue weighted by Crippen LogP contribution is -1.88. The zero-order valence-electron chi connectivity index (χ0n) is 6.70. The molecule has 0 aliphatic rings. The minimum atomic E-state index is 0.391. The number of hydrogen-bond donors (Lipinski definition) is 1. The van der Waals surface area contributed by atoms with E-state index in [9.17, 15) is 0 Å². The molecule has 1 rings (SSSR count). The van der Waals surface area contributed by atoms with Gasteiger partial charge in [-0.25, -0.2) is 0 Å². The highest BCUT2D eigenvalue weighted by atomic mass is 14.5. The Bertz CT molecular complexity index is 464. The SMILES string of the molecule is N#CC#Cc1ccc(N)cc1C#N. The molecule has 0 spiro atoms. The largest absolute Gasteiger partial charge is 0.399 e. The molecule has 0 aliphatic heterocycles. The fourth-order valence-electron chi connectivity index (χ4n) is 0.859. The molecule has 2 N–H and O–H groups in total. The Morgan fingerprint density at radius 1 is 1.15 bits per heavy atom. The monoisotopic (exact) mass is 167 g/mol. The molecule has 0 radical (unpaired) electrons. The van der Waals surface area contributed by atoms with Crippen molar-refractivity contribution in [2.75, 3.05) is 5.73 Å². The van der Waals surface area contributed by atoms with Crippen LogP contribution in [0.3, 0.4) is 0 Å². The van der Waals surface area contributed by atoms with Crippen molar-refractivity contribution >= 4 is 5.69 Å². The first kappa shape index (κ1) is 8.65. The maximum absolute atomic E-state index is 8.69. The van der Waals surface area contributed by atoms with Crippen molar-refractivity contribution < 1.29 is 0 Å². The molecule has 60 valence electrons. The Kier molecular flexibility index (Phi) is 2.54. The maximum atomic E-state index is 8.69. The summed E-state index contributed by atoms with van der Waals surface area (Å²) >= 11 is 0. The first-order valence-corrected chi connectivity index (χ1v) is 3.47. The highest BCUT2D eigenvalue weighted by molar-refractivity contribution is 5.56. The minimum absolute atomic E-state index is 0.391. The summed E-state index contributed by atoms with van der Waals surface area (Å²) in [6.45, 7) is 0. The van der Waals surface area contributed by atoms with Gasteiger partial charge in [0.2, 0.25) is 0 Å². The molecule has 0 unspecified atom stereocenters. The van der Waals surface area contributed by atoms with Crippen LogP contribution in [-0.2, 0) is 0 Å². The number of anilines is 1. The van der Waals surface area contributed by atoms with E-state index in [0.29, 0.717) is 16.8 Å². The number of rotatable bonds is 0. The van der Waals surface area contributed by atoms with Gasteiger partial charge in [-0.05, 0) is 24.1 Å². The van der Waals surface area contributed by atoms with Gasteiger partial charge in [-0.1, -0.05) is 0 Å². The number of nitrogens with two attached hydrogens (primary N) is 1. The second-order valence-electron chi connectivity index (χ2n) is 2.28. The zero-order chi connectivity index (χ0) is 9.68. The molecule has 0 heterocycles. The maximum Gasteiger partial charge on any atom is 0.152 e. The van der Waals surface area contributed by atoms with Crippen molar-refractivity contribution in [3.05, 3.63) is 29.3 Å². The average Bonchev–Trinajstić information content (AvgIpc) is 2.16. The topological polar surface area (TPSA) is 73.6 Å². The summed E-state index contributed by atoms with van der Waals surface area (Å²) in [5, 5.41) is 16.9. The highest BCUT2D eigenvalue weighted by Crippen LogP contribution is 2.10. The van der Waals surface area contributed by atoms with Crippen LogP contribution in [0.4, 0.5) is 5.69 Å². The molecular formula is C10H5N3. The number of nitrogen functional groups attached to an aromatic ring is 1. The predicted molar refractivity (Wildman–Crippen MR) is 48.1 cm³/mol. The fraction of sp³-hybridized carbons (Fsp3) is 0. The van der Waals surface area contributed by atoms with Crippen molar-refractivity contribution in [2.24, 2.45) is 0 Å². The third-order valence-electron chi connectivity index (χ3n) is 1.42. The first-order valence-electron chi connectivity index (χ1n) is 3.47. The van der Waals surface area contributed by atoms with Crippen LogP contribution in [-0.4, -0.2) is 0 Å². The van der Waals surface area contributed by atoms with E-state index in [4.69, 9.17) is 16.3 Å². The number of benzene rings is 1. The summed E-state index contributed by atoms with van der Waals surface area (Å²) in [5.74, 6) is 4.77. The highest BCUT2D eigenvalue weighted by Gasteiger charge is 1.98.